The molecule has 0 aromatic carbocycles. The molecule has 0 saturated carbocycles. The fourth-order valence-electron chi connectivity index (χ4n) is 2.69. The van der Waals surface area contributed by atoms with Crippen molar-refractivity contribution in [3.8, 4) is 12.8 Å². The molecule has 3 rings (SSSR count). The zero-order chi connectivity index (χ0) is 18.8. The summed E-state index contributed by atoms with van der Waals surface area (Å²) in [5.74, 6) is 0.803. The molecule has 0 spiro atoms. The van der Waals surface area contributed by atoms with Crippen molar-refractivity contribution in [2.24, 2.45) is 4.99 Å². The van der Waals surface area contributed by atoms with Crippen molar-refractivity contribution in [1.29, 1.82) is 0 Å². The van der Waals surface area contributed by atoms with Crippen molar-refractivity contribution in [2.75, 3.05) is 13.1 Å². The second-order valence-corrected chi connectivity index (χ2v) is 5.36. The Morgan fingerprint density at radius 1 is 1.32 bits per heavy atom. The van der Waals surface area contributed by atoms with Gasteiger partial charge in [0.25, 0.3) is 0 Å². The molecule has 134 valence electrons. The average Bonchev–Trinajstić information content (AvgIpc) is 3.38. The third-order valence-corrected chi connectivity index (χ3v) is 3.94. The van der Waals surface area contributed by atoms with E-state index in [-0.39, 0.29) is 0 Å². The highest BCUT2D eigenvalue weighted by Gasteiger charge is 2.19. The van der Waals surface area contributed by atoms with Crippen LogP contribution in [0.4, 0.5) is 0 Å². The third kappa shape index (κ3) is 4.87. The topological polar surface area (TPSA) is 45.5 Å². The molecule has 0 aliphatic carbocycles. The lowest BCUT2D eigenvalue weighted by Crippen LogP contribution is -2.18. The fraction of sp³-hybridized carbons (Fsp3) is 0.400. The average molecular weight is 339 g/mol. The quantitative estimate of drug-likeness (QED) is 0.671. The van der Waals surface area contributed by atoms with Gasteiger partial charge in [0.05, 0.1) is 18.5 Å². The molecule has 2 aliphatic heterocycles. The van der Waals surface area contributed by atoms with Crippen molar-refractivity contribution >= 4 is 17.7 Å². The van der Waals surface area contributed by atoms with Crippen LogP contribution in [0.1, 0.15) is 44.9 Å². The fourth-order valence-corrected chi connectivity index (χ4v) is 2.69. The lowest BCUT2D eigenvalue weighted by Gasteiger charge is -2.16. The van der Waals surface area contributed by atoms with E-state index in [9.17, 15) is 0 Å². The molecule has 1 aromatic rings. The normalized spacial score (nSPS) is 15.8. The Hall–Kier alpha value is -2.74. The molecule has 0 bridgehead atoms. The number of fused-ring (bicyclic) bond motifs is 1. The minimum Gasteiger partial charge on any atom is -0.379 e. The molecule has 0 amide bonds. The number of terminal acetylenes is 1. The molecular weight excluding hydrogens is 310 g/mol. The van der Waals surface area contributed by atoms with Gasteiger partial charge in [-0.15, -0.1) is 12.8 Å². The molecule has 0 atom stereocenters. The van der Waals surface area contributed by atoms with E-state index >= 15 is 0 Å². The second-order valence-electron chi connectivity index (χ2n) is 5.36. The van der Waals surface area contributed by atoms with E-state index in [4.69, 9.17) is 0 Å². The summed E-state index contributed by atoms with van der Waals surface area (Å²) in [6, 6.07) is 0. The first-order valence-corrected chi connectivity index (χ1v) is 8.68. The number of allylic oxidation sites excluding steroid dienone is 2. The maximum absolute atomic E-state index is 4.56. The summed E-state index contributed by atoms with van der Waals surface area (Å²) >= 11 is 0. The Balaban J connectivity index is 0.000000730. The van der Waals surface area contributed by atoms with Crippen LogP contribution in [0.5, 0.6) is 0 Å². The molecule has 1 N–H and O–H groups in total. The predicted molar refractivity (Wildman–Crippen MR) is 108 cm³/mol. The number of hydrogen-bond donors (Lipinski definition) is 1. The van der Waals surface area contributed by atoms with Gasteiger partial charge in [-0.25, -0.2) is 9.67 Å². The van der Waals surface area contributed by atoms with Gasteiger partial charge in [-0.3, -0.25) is 0 Å². The van der Waals surface area contributed by atoms with Crippen molar-refractivity contribution in [3.05, 3.63) is 42.4 Å². The van der Waals surface area contributed by atoms with E-state index in [1.165, 1.54) is 12.8 Å². The summed E-state index contributed by atoms with van der Waals surface area (Å²) in [7, 11) is 0. The minimum absolute atomic E-state index is 0.738. The van der Waals surface area contributed by atoms with Crippen LogP contribution in [-0.2, 0) is 6.54 Å². The number of hydrogen-bond acceptors (Lipinski definition) is 4. The van der Waals surface area contributed by atoms with E-state index in [1.54, 1.807) is 0 Å². The number of nitrogens with one attached hydrogen (secondary N) is 1. The summed E-state index contributed by atoms with van der Waals surface area (Å²) in [4.78, 5) is 6.81. The summed E-state index contributed by atoms with van der Waals surface area (Å²) in [6.45, 7) is 16.9. The highest BCUT2D eigenvalue weighted by Crippen LogP contribution is 2.23. The number of likely N-dealkylation sites (tertiary alicyclic amines) is 1. The molecule has 2 aliphatic rings. The van der Waals surface area contributed by atoms with Crippen LogP contribution in [0.2, 0.25) is 0 Å². The molecule has 0 radical (unpaired) electrons. The molecule has 3 heterocycles. The van der Waals surface area contributed by atoms with E-state index < -0.39 is 0 Å². The summed E-state index contributed by atoms with van der Waals surface area (Å²) in [5, 5.41) is 7.74. The van der Waals surface area contributed by atoms with Gasteiger partial charge in [-0.05, 0) is 25.8 Å². The minimum atomic E-state index is 0.738. The van der Waals surface area contributed by atoms with Crippen LogP contribution in [-0.4, -0.2) is 34.0 Å². The van der Waals surface area contributed by atoms with Crippen molar-refractivity contribution in [3.63, 3.8) is 0 Å². The van der Waals surface area contributed by atoms with Gasteiger partial charge >= 0.3 is 0 Å². The summed E-state index contributed by atoms with van der Waals surface area (Å²) < 4.78 is 1.81. The van der Waals surface area contributed by atoms with Gasteiger partial charge < -0.3 is 10.2 Å². The maximum atomic E-state index is 4.56. The van der Waals surface area contributed by atoms with Gasteiger partial charge in [-0.2, -0.15) is 5.10 Å². The number of aromatic nitrogens is 2. The Labute approximate surface area is 151 Å². The number of nitrogens with zero attached hydrogens (tertiary/aromatic N) is 4. The van der Waals surface area contributed by atoms with E-state index in [2.05, 4.69) is 46.3 Å². The lowest BCUT2D eigenvalue weighted by atomic mass is 10.3. The SMILES string of the molecule is C#C.C=C1NCc2nn(C(=C/C)/N=C\C(=C)N3CCCC3)cc21.CC. The Kier molecular flexibility index (Phi) is 8.28. The Morgan fingerprint density at radius 3 is 2.52 bits per heavy atom. The molecule has 5 nitrogen and oxygen atoms in total. The first-order chi connectivity index (χ1) is 12.2. The Morgan fingerprint density at radius 2 is 1.96 bits per heavy atom. The van der Waals surface area contributed by atoms with Crippen LogP contribution in [0.25, 0.3) is 11.5 Å². The molecule has 1 aromatic heterocycles. The largest absolute Gasteiger partial charge is 0.379 e. The van der Waals surface area contributed by atoms with Gasteiger partial charge in [0.2, 0.25) is 0 Å². The summed E-state index contributed by atoms with van der Waals surface area (Å²) in [5.41, 5.74) is 3.99. The van der Waals surface area contributed by atoms with Gasteiger partial charge in [0.1, 0.15) is 5.82 Å². The zero-order valence-electron chi connectivity index (χ0n) is 15.6. The Bertz CT molecular complexity index is 670. The van der Waals surface area contributed by atoms with E-state index in [1.807, 2.05) is 43.9 Å². The van der Waals surface area contributed by atoms with Crippen molar-refractivity contribution in [1.82, 2.24) is 20.0 Å². The van der Waals surface area contributed by atoms with E-state index in [0.29, 0.717) is 0 Å². The predicted octanol–water partition coefficient (Wildman–Crippen LogP) is 3.73. The van der Waals surface area contributed by atoms with Crippen LogP contribution < -0.4 is 5.32 Å². The monoisotopic (exact) mass is 339 g/mol. The van der Waals surface area contributed by atoms with Gasteiger partial charge in [0, 0.05) is 36.2 Å². The molecule has 5 heteroatoms. The molecule has 0 unspecified atom stereocenters. The third-order valence-electron chi connectivity index (χ3n) is 3.94. The molecule has 1 fully saturated rings. The van der Waals surface area contributed by atoms with Gasteiger partial charge in [0.15, 0.2) is 0 Å². The lowest BCUT2D eigenvalue weighted by molar-refractivity contribution is 0.452. The van der Waals surface area contributed by atoms with E-state index in [0.717, 1.165) is 48.1 Å². The van der Waals surface area contributed by atoms with Crippen molar-refractivity contribution in [2.45, 2.75) is 40.2 Å². The van der Waals surface area contributed by atoms with Gasteiger partial charge in [-0.1, -0.05) is 27.0 Å². The number of aliphatic imine (C=N–C) groups is 1. The molecule has 25 heavy (non-hydrogen) atoms. The first kappa shape index (κ1) is 20.3. The maximum Gasteiger partial charge on any atom is 0.149 e. The highest BCUT2D eigenvalue weighted by molar-refractivity contribution is 5.80. The van der Waals surface area contributed by atoms with Crippen LogP contribution in [0.15, 0.2) is 36.1 Å². The molecular formula is C20H29N5. The van der Waals surface area contributed by atoms with Crippen LogP contribution in [0.3, 0.4) is 0 Å². The first-order valence-electron chi connectivity index (χ1n) is 8.68. The standard InChI is InChI=1S/C16H21N5.C2H6.C2H2/c1-4-16(18-9-12(2)20-7-5-6-8-20)21-11-14-13(3)17-10-15(14)19-21;2*1-2/h4,9,11,17H,2-3,5-8,10H2,1H3;1-2H3;1-2H/b16-4+,18-9-;;. The van der Waals surface area contributed by atoms with Crippen LogP contribution in [0, 0.1) is 12.8 Å². The smallest absolute Gasteiger partial charge is 0.149 e. The summed E-state index contributed by atoms with van der Waals surface area (Å²) in [6.07, 6.45) is 16.2. The second kappa shape index (κ2) is 10.2. The zero-order valence-corrected chi connectivity index (χ0v) is 15.6. The van der Waals surface area contributed by atoms with Crippen LogP contribution >= 0.6 is 0 Å². The van der Waals surface area contributed by atoms with Crippen molar-refractivity contribution < 1.29 is 0 Å². The molecule has 1 saturated heterocycles. The number of rotatable bonds is 4. The highest BCUT2D eigenvalue weighted by atomic mass is 15.3.